The maximum Gasteiger partial charge on any atom is 0.306 e. The topological polar surface area (TPSA) is 26.3 Å². The SMILES string of the molecule is CCCCCCCCCCCCC(=O)OC(CC)CCCCCCC. The second-order valence-corrected chi connectivity index (χ2v) is 7.65. The predicted octanol–water partition coefficient (Wildman–Crippen LogP) is 7.98. The summed E-state index contributed by atoms with van der Waals surface area (Å²) in [6, 6.07) is 0. The van der Waals surface area contributed by atoms with E-state index in [0.29, 0.717) is 6.42 Å². The van der Waals surface area contributed by atoms with E-state index in [4.69, 9.17) is 4.74 Å². The predicted molar refractivity (Wildman–Crippen MR) is 110 cm³/mol. The standard InChI is InChI=1S/C23H46O2/c1-4-7-9-11-12-13-14-15-17-19-21-23(24)25-22(6-3)20-18-16-10-8-5-2/h22H,4-21H2,1-3H3. The molecule has 1 unspecified atom stereocenters. The van der Waals surface area contributed by atoms with Gasteiger partial charge in [0.1, 0.15) is 6.10 Å². The van der Waals surface area contributed by atoms with Gasteiger partial charge in [-0.15, -0.1) is 0 Å². The lowest BCUT2D eigenvalue weighted by molar-refractivity contribution is -0.149. The van der Waals surface area contributed by atoms with E-state index in [0.717, 1.165) is 19.3 Å². The molecule has 0 aliphatic carbocycles. The molecule has 0 radical (unpaired) electrons. The van der Waals surface area contributed by atoms with Gasteiger partial charge in [0.2, 0.25) is 0 Å². The quantitative estimate of drug-likeness (QED) is 0.173. The minimum Gasteiger partial charge on any atom is -0.462 e. The summed E-state index contributed by atoms with van der Waals surface area (Å²) in [6.07, 6.45) is 22.2. The van der Waals surface area contributed by atoms with Gasteiger partial charge < -0.3 is 4.74 Å². The number of hydrogen-bond donors (Lipinski definition) is 0. The summed E-state index contributed by atoms with van der Waals surface area (Å²) in [7, 11) is 0. The van der Waals surface area contributed by atoms with E-state index in [1.54, 1.807) is 0 Å². The number of esters is 1. The molecule has 0 spiro atoms. The third-order valence-corrected chi connectivity index (χ3v) is 5.12. The van der Waals surface area contributed by atoms with Gasteiger partial charge in [0.15, 0.2) is 0 Å². The zero-order chi connectivity index (χ0) is 18.6. The molecule has 25 heavy (non-hydrogen) atoms. The van der Waals surface area contributed by atoms with E-state index in [2.05, 4.69) is 20.8 Å². The molecule has 0 aromatic rings. The Kier molecular flexibility index (Phi) is 19.4. The van der Waals surface area contributed by atoms with Gasteiger partial charge >= 0.3 is 5.97 Å². The van der Waals surface area contributed by atoms with Crippen molar-refractivity contribution in [3.05, 3.63) is 0 Å². The third-order valence-electron chi connectivity index (χ3n) is 5.12. The molecule has 0 heterocycles. The van der Waals surface area contributed by atoms with Crippen LogP contribution in [0.3, 0.4) is 0 Å². The fourth-order valence-electron chi connectivity index (χ4n) is 3.32. The van der Waals surface area contributed by atoms with E-state index in [-0.39, 0.29) is 12.1 Å². The Morgan fingerprint density at radius 3 is 1.56 bits per heavy atom. The first-order chi connectivity index (χ1) is 12.2. The lowest BCUT2D eigenvalue weighted by atomic mass is 10.1. The van der Waals surface area contributed by atoms with Crippen molar-refractivity contribution in [1.82, 2.24) is 0 Å². The minimum atomic E-state index is 0.0278. The Hall–Kier alpha value is -0.530. The largest absolute Gasteiger partial charge is 0.462 e. The van der Waals surface area contributed by atoms with Crippen molar-refractivity contribution in [2.45, 2.75) is 142 Å². The lowest BCUT2D eigenvalue weighted by Crippen LogP contribution is -2.17. The summed E-state index contributed by atoms with van der Waals surface area (Å²) in [5.41, 5.74) is 0. The number of carbonyl (C=O) groups is 1. The van der Waals surface area contributed by atoms with Gasteiger partial charge in [-0.25, -0.2) is 0 Å². The van der Waals surface area contributed by atoms with Crippen LogP contribution < -0.4 is 0 Å². The van der Waals surface area contributed by atoms with Crippen molar-refractivity contribution in [1.29, 1.82) is 0 Å². The first-order valence-corrected chi connectivity index (χ1v) is 11.4. The molecule has 0 saturated carbocycles. The second kappa shape index (κ2) is 19.8. The monoisotopic (exact) mass is 354 g/mol. The van der Waals surface area contributed by atoms with E-state index in [1.807, 2.05) is 0 Å². The Labute approximate surface area is 158 Å². The normalized spacial score (nSPS) is 12.3. The van der Waals surface area contributed by atoms with Crippen molar-refractivity contribution in [3.8, 4) is 0 Å². The highest BCUT2D eigenvalue weighted by molar-refractivity contribution is 5.69. The third kappa shape index (κ3) is 18.1. The smallest absolute Gasteiger partial charge is 0.306 e. The highest BCUT2D eigenvalue weighted by Crippen LogP contribution is 2.15. The molecule has 0 saturated heterocycles. The molecule has 150 valence electrons. The summed E-state index contributed by atoms with van der Waals surface area (Å²) in [6.45, 7) is 6.63. The maximum atomic E-state index is 12.0. The van der Waals surface area contributed by atoms with Crippen LogP contribution >= 0.6 is 0 Å². The summed E-state index contributed by atoms with van der Waals surface area (Å²) < 4.78 is 5.65. The number of hydrogen-bond acceptors (Lipinski definition) is 2. The highest BCUT2D eigenvalue weighted by atomic mass is 16.5. The zero-order valence-electron chi connectivity index (χ0n) is 17.6. The minimum absolute atomic E-state index is 0.0278. The van der Waals surface area contributed by atoms with Gasteiger partial charge in [0, 0.05) is 6.42 Å². The summed E-state index contributed by atoms with van der Waals surface area (Å²) in [4.78, 5) is 12.0. The van der Waals surface area contributed by atoms with E-state index in [9.17, 15) is 4.79 Å². The van der Waals surface area contributed by atoms with Crippen molar-refractivity contribution < 1.29 is 9.53 Å². The van der Waals surface area contributed by atoms with Crippen molar-refractivity contribution in [2.24, 2.45) is 0 Å². The van der Waals surface area contributed by atoms with Crippen LogP contribution in [0.5, 0.6) is 0 Å². The highest BCUT2D eigenvalue weighted by Gasteiger charge is 2.11. The molecule has 0 amide bonds. The molecule has 0 aromatic heterocycles. The molecule has 0 rings (SSSR count). The van der Waals surface area contributed by atoms with Gasteiger partial charge in [-0.05, 0) is 25.7 Å². The Balaban J connectivity index is 3.45. The Bertz CT molecular complexity index is 275. The Morgan fingerprint density at radius 1 is 0.640 bits per heavy atom. The molecule has 2 heteroatoms. The van der Waals surface area contributed by atoms with Crippen LogP contribution in [0.4, 0.5) is 0 Å². The summed E-state index contributed by atoms with van der Waals surface area (Å²) >= 11 is 0. The van der Waals surface area contributed by atoms with Gasteiger partial charge in [-0.2, -0.15) is 0 Å². The van der Waals surface area contributed by atoms with Gasteiger partial charge in [0.25, 0.3) is 0 Å². The molecule has 0 bridgehead atoms. The molecule has 1 atom stereocenters. The van der Waals surface area contributed by atoms with Crippen LogP contribution in [0.15, 0.2) is 0 Å². The molecule has 0 aliphatic rings. The average Bonchev–Trinajstić information content (AvgIpc) is 2.62. The van der Waals surface area contributed by atoms with Crippen molar-refractivity contribution in [2.75, 3.05) is 0 Å². The first kappa shape index (κ1) is 24.5. The summed E-state index contributed by atoms with van der Waals surface area (Å²) in [5, 5.41) is 0. The fourth-order valence-corrected chi connectivity index (χ4v) is 3.32. The molecule has 0 N–H and O–H groups in total. The van der Waals surface area contributed by atoms with Crippen LogP contribution in [-0.4, -0.2) is 12.1 Å². The van der Waals surface area contributed by atoms with Gasteiger partial charge in [-0.1, -0.05) is 104 Å². The number of carbonyl (C=O) groups excluding carboxylic acids is 1. The summed E-state index contributed by atoms with van der Waals surface area (Å²) in [5.74, 6) is 0.0278. The maximum absolute atomic E-state index is 12.0. The number of unbranched alkanes of at least 4 members (excludes halogenated alkanes) is 13. The van der Waals surface area contributed by atoms with Gasteiger partial charge in [0.05, 0.1) is 0 Å². The average molecular weight is 355 g/mol. The van der Waals surface area contributed by atoms with Crippen LogP contribution in [0.25, 0.3) is 0 Å². The van der Waals surface area contributed by atoms with E-state index >= 15 is 0 Å². The van der Waals surface area contributed by atoms with E-state index < -0.39 is 0 Å². The van der Waals surface area contributed by atoms with Crippen LogP contribution in [-0.2, 0) is 9.53 Å². The first-order valence-electron chi connectivity index (χ1n) is 11.4. The molecule has 0 aromatic carbocycles. The molecule has 0 aliphatic heterocycles. The van der Waals surface area contributed by atoms with Crippen LogP contribution in [0.2, 0.25) is 0 Å². The van der Waals surface area contributed by atoms with Crippen molar-refractivity contribution in [3.63, 3.8) is 0 Å². The fraction of sp³-hybridized carbons (Fsp3) is 0.957. The molecule has 0 fully saturated rings. The number of rotatable bonds is 19. The number of ether oxygens (including phenoxy) is 1. The van der Waals surface area contributed by atoms with Crippen LogP contribution in [0.1, 0.15) is 136 Å². The zero-order valence-corrected chi connectivity index (χ0v) is 17.6. The lowest BCUT2D eigenvalue weighted by Gasteiger charge is -2.16. The van der Waals surface area contributed by atoms with E-state index in [1.165, 1.54) is 89.9 Å². The Morgan fingerprint density at radius 2 is 1.08 bits per heavy atom. The molecule has 2 nitrogen and oxygen atoms in total. The molecular formula is C23H46O2. The van der Waals surface area contributed by atoms with Gasteiger partial charge in [-0.3, -0.25) is 4.79 Å². The molecular weight excluding hydrogens is 308 g/mol. The second-order valence-electron chi connectivity index (χ2n) is 7.65. The van der Waals surface area contributed by atoms with Crippen LogP contribution in [0, 0.1) is 0 Å². The van der Waals surface area contributed by atoms with Crippen molar-refractivity contribution >= 4 is 5.97 Å².